The smallest absolute Gasteiger partial charge is 0.200 e. The van der Waals surface area contributed by atoms with Crippen LogP contribution in [-0.2, 0) is 0 Å². The van der Waals surface area contributed by atoms with Crippen molar-refractivity contribution in [2.24, 2.45) is 10.2 Å². The lowest BCUT2D eigenvalue weighted by Crippen LogP contribution is -2.27. The summed E-state index contributed by atoms with van der Waals surface area (Å²) in [5.41, 5.74) is 0.607. The number of aromatic hydroxyl groups is 3. The highest BCUT2D eigenvalue weighted by Gasteiger charge is 2.26. The Morgan fingerprint density at radius 2 is 1.67 bits per heavy atom. The number of hydrogen-bond acceptors (Lipinski definition) is 6. The quantitative estimate of drug-likeness (QED) is 0.752. The zero-order valence-electron chi connectivity index (χ0n) is 10.8. The zero-order chi connectivity index (χ0) is 14.8. The van der Waals surface area contributed by atoms with Gasteiger partial charge in [0.15, 0.2) is 17.6 Å². The molecule has 0 saturated carbocycles. The fraction of sp³-hybridized carbons (Fsp3) is 0.0667. The van der Waals surface area contributed by atoms with E-state index in [0.717, 1.165) is 0 Å². The first-order valence-electron chi connectivity index (χ1n) is 6.24. The number of phenols is 3. The molecule has 0 aromatic heterocycles. The van der Waals surface area contributed by atoms with Gasteiger partial charge in [-0.3, -0.25) is 0 Å². The summed E-state index contributed by atoms with van der Waals surface area (Å²) in [5.74, 6) is -0.830. The van der Waals surface area contributed by atoms with Crippen molar-refractivity contribution < 1.29 is 20.1 Å². The van der Waals surface area contributed by atoms with Crippen LogP contribution in [-0.4, -0.2) is 33.3 Å². The van der Waals surface area contributed by atoms with Gasteiger partial charge in [-0.15, -0.1) is 0 Å². The molecule has 1 unspecified atom stereocenters. The number of rotatable bonds is 3. The van der Waals surface area contributed by atoms with Crippen LogP contribution in [0, 0.1) is 0 Å². The number of hydrogen-bond donors (Lipinski definition) is 3. The third kappa shape index (κ3) is 2.38. The molecule has 0 spiro atoms. The van der Waals surface area contributed by atoms with Gasteiger partial charge in [0, 0.05) is 5.56 Å². The molecular formula is C15H12N2O4. The molecule has 0 radical (unpaired) electrons. The average molecular weight is 284 g/mol. The molecule has 21 heavy (non-hydrogen) atoms. The maximum Gasteiger partial charge on any atom is 0.200 e. The third-order valence-electron chi connectivity index (χ3n) is 3.05. The van der Waals surface area contributed by atoms with Gasteiger partial charge in [0.1, 0.15) is 11.5 Å². The summed E-state index contributed by atoms with van der Waals surface area (Å²) in [7, 11) is 0. The van der Waals surface area contributed by atoms with Crippen molar-refractivity contribution in [2.75, 3.05) is 0 Å². The number of nitrogens with zero attached hydrogens (tertiary/aromatic N) is 2. The molecule has 6 heteroatoms. The Bertz CT molecular complexity index is 726. The summed E-state index contributed by atoms with van der Waals surface area (Å²) in [5, 5.41) is 36.6. The number of ether oxygens (including phenoxy) is 1. The molecular weight excluding hydrogens is 272 g/mol. The van der Waals surface area contributed by atoms with Gasteiger partial charge in [0.05, 0.1) is 6.21 Å². The van der Waals surface area contributed by atoms with Gasteiger partial charge in [-0.1, -0.05) is 18.2 Å². The van der Waals surface area contributed by atoms with E-state index in [-0.39, 0.29) is 5.56 Å². The predicted molar refractivity (Wildman–Crippen MR) is 77.3 cm³/mol. The lowest BCUT2D eigenvalue weighted by molar-refractivity contribution is 0.334. The van der Waals surface area contributed by atoms with Gasteiger partial charge in [-0.2, -0.15) is 10.2 Å². The molecule has 0 saturated heterocycles. The van der Waals surface area contributed by atoms with E-state index in [1.807, 2.05) is 18.2 Å². The van der Waals surface area contributed by atoms with Crippen LogP contribution in [0.5, 0.6) is 23.0 Å². The van der Waals surface area contributed by atoms with Gasteiger partial charge < -0.3 is 20.1 Å². The Morgan fingerprint density at radius 1 is 0.905 bits per heavy atom. The molecule has 3 rings (SSSR count). The van der Waals surface area contributed by atoms with Gasteiger partial charge in [0.25, 0.3) is 0 Å². The van der Waals surface area contributed by atoms with E-state index in [2.05, 4.69) is 10.2 Å². The Labute approximate surface area is 120 Å². The molecule has 1 atom stereocenters. The first-order chi connectivity index (χ1) is 10.2. The molecule has 0 bridgehead atoms. The van der Waals surface area contributed by atoms with E-state index >= 15 is 0 Å². The van der Waals surface area contributed by atoms with E-state index < -0.39 is 23.4 Å². The van der Waals surface area contributed by atoms with Gasteiger partial charge >= 0.3 is 0 Å². The Morgan fingerprint density at radius 3 is 2.43 bits per heavy atom. The van der Waals surface area contributed by atoms with E-state index in [9.17, 15) is 15.3 Å². The molecule has 2 aromatic carbocycles. The minimum Gasteiger partial charge on any atom is -0.504 e. The van der Waals surface area contributed by atoms with Crippen LogP contribution in [0.2, 0.25) is 0 Å². The van der Waals surface area contributed by atoms with Crippen LogP contribution >= 0.6 is 0 Å². The third-order valence-corrected chi connectivity index (χ3v) is 3.05. The van der Waals surface area contributed by atoms with Crippen molar-refractivity contribution >= 4 is 11.9 Å². The van der Waals surface area contributed by atoms with E-state index in [4.69, 9.17) is 4.74 Å². The predicted octanol–water partition coefficient (Wildman–Crippen LogP) is 2.04. The first kappa shape index (κ1) is 13.0. The summed E-state index contributed by atoms with van der Waals surface area (Å²) in [6.45, 7) is 0. The van der Waals surface area contributed by atoms with Crippen LogP contribution in [0.4, 0.5) is 0 Å². The standard InChI is InChI=1S/C15H12N2O4/c18-11-7-6-10(14(19)15(11)20)13-12(8-16-17-13)21-9-4-2-1-3-5-9/h1-8,12,18-20H. The Hall–Kier alpha value is -3.02. The second-order valence-electron chi connectivity index (χ2n) is 4.43. The summed E-state index contributed by atoms with van der Waals surface area (Å²) in [6, 6.07) is 11.8. The minimum atomic E-state index is -0.597. The molecule has 1 heterocycles. The van der Waals surface area contributed by atoms with E-state index in [1.165, 1.54) is 18.3 Å². The summed E-state index contributed by atoms with van der Waals surface area (Å²) in [4.78, 5) is 0. The highest BCUT2D eigenvalue weighted by Crippen LogP contribution is 2.38. The monoisotopic (exact) mass is 284 g/mol. The van der Waals surface area contributed by atoms with Crippen molar-refractivity contribution in [3.05, 3.63) is 48.0 Å². The molecule has 2 aromatic rings. The van der Waals surface area contributed by atoms with Gasteiger partial charge in [-0.05, 0) is 24.3 Å². The maximum atomic E-state index is 9.92. The highest BCUT2D eigenvalue weighted by molar-refractivity contribution is 6.16. The fourth-order valence-corrected chi connectivity index (χ4v) is 2.00. The minimum absolute atomic E-state index is 0.253. The highest BCUT2D eigenvalue weighted by atomic mass is 16.5. The van der Waals surface area contributed by atoms with Crippen LogP contribution in [0.15, 0.2) is 52.7 Å². The second-order valence-corrected chi connectivity index (χ2v) is 4.43. The van der Waals surface area contributed by atoms with Crippen molar-refractivity contribution in [2.45, 2.75) is 6.10 Å². The SMILES string of the molecule is Oc1ccc(C2=NN=CC2Oc2ccccc2)c(O)c1O. The van der Waals surface area contributed by atoms with Gasteiger partial charge in [-0.25, -0.2) is 0 Å². The van der Waals surface area contributed by atoms with Crippen molar-refractivity contribution in [3.63, 3.8) is 0 Å². The molecule has 1 aliphatic heterocycles. The largest absolute Gasteiger partial charge is 0.504 e. The average Bonchev–Trinajstić information content (AvgIpc) is 2.94. The Kier molecular flexibility index (Phi) is 3.19. The van der Waals surface area contributed by atoms with Crippen LogP contribution in [0.1, 0.15) is 5.56 Å². The van der Waals surface area contributed by atoms with Crippen molar-refractivity contribution in [3.8, 4) is 23.0 Å². The zero-order valence-corrected chi connectivity index (χ0v) is 10.8. The van der Waals surface area contributed by atoms with Crippen molar-refractivity contribution in [1.29, 1.82) is 0 Å². The Balaban J connectivity index is 1.91. The molecule has 106 valence electrons. The van der Waals surface area contributed by atoms with Crippen LogP contribution in [0.25, 0.3) is 0 Å². The van der Waals surface area contributed by atoms with Crippen LogP contribution < -0.4 is 4.74 Å². The normalized spacial score (nSPS) is 16.8. The summed E-state index contributed by atoms with van der Waals surface area (Å²) in [6.07, 6.45) is 0.910. The van der Waals surface area contributed by atoms with Crippen molar-refractivity contribution in [1.82, 2.24) is 0 Å². The first-order valence-corrected chi connectivity index (χ1v) is 6.24. The molecule has 6 nitrogen and oxygen atoms in total. The number of phenolic OH excluding ortho intramolecular Hbond substituents is 3. The van der Waals surface area contributed by atoms with E-state index in [1.54, 1.807) is 12.1 Å². The molecule has 1 aliphatic rings. The maximum absolute atomic E-state index is 9.92. The molecule has 0 aliphatic carbocycles. The molecule has 3 N–H and O–H groups in total. The lowest BCUT2D eigenvalue weighted by atomic mass is 10.0. The van der Waals surface area contributed by atoms with E-state index in [0.29, 0.717) is 11.5 Å². The topological polar surface area (TPSA) is 94.6 Å². The van der Waals surface area contributed by atoms with Gasteiger partial charge in [0.2, 0.25) is 5.75 Å². The number of para-hydroxylation sites is 1. The summed E-state index contributed by atoms with van der Waals surface area (Å²) >= 11 is 0. The summed E-state index contributed by atoms with van der Waals surface area (Å²) < 4.78 is 5.73. The van der Waals surface area contributed by atoms with Crippen LogP contribution in [0.3, 0.4) is 0 Å². The lowest BCUT2D eigenvalue weighted by Gasteiger charge is -2.15. The molecule has 0 fully saturated rings. The fourth-order valence-electron chi connectivity index (χ4n) is 2.00. The molecule has 0 amide bonds. The second kappa shape index (κ2) is 5.16. The number of benzene rings is 2.